The van der Waals surface area contributed by atoms with Crippen molar-refractivity contribution >= 4 is 11.8 Å². The average molecular weight is 286 g/mol. The largest absolute Gasteiger partial charge is 0.342 e. The lowest BCUT2D eigenvalue weighted by Crippen LogP contribution is -2.64. The molecule has 4 heteroatoms. The maximum atomic E-state index is 12.9. The molecule has 21 heavy (non-hydrogen) atoms. The molecular formula is C17H22N2O2. The van der Waals surface area contributed by atoms with E-state index in [0.717, 1.165) is 18.4 Å². The van der Waals surface area contributed by atoms with Crippen molar-refractivity contribution in [3.05, 3.63) is 35.9 Å². The molecule has 1 N–H and O–H groups in total. The van der Waals surface area contributed by atoms with Crippen LogP contribution in [0.4, 0.5) is 0 Å². The van der Waals surface area contributed by atoms with E-state index in [9.17, 15) is 9.59 Å². The van der Waals surface area contributed by atoms with E-state index in [1.807, 2.05) is 51.1 Å². The van der Waals surface area contributed by atoms with Gasteiger partial charge in [0.05, 0.1) is 0 Å². The Labute approximate surface area is 125 Å². The first-order chi connectivity index (χ1) is 9.89. The molecule has 0 radical (unpaired) electrons. The van der Waals surface area contributed by atoms with Crippen LogP contribution in [-0.4, -0.2) is 28.3 Å². The highest BCUT2D eigenvalue weighted by molar-refractivity contribution is 5.98. The molecule has 0 aromatic heterocycles. The topological polar surface area (TPSA) is 49.4 Å². The fourth-order valence-electron chi connectivity index (χ4n) is 3.09. The third kappa shape index (κ3) is 2.55. The minimum Gasteiger partial charge on any atom is -0.342 e. The average Bonchev–Trinajstić information content (AvgIpc) is 3.24. The first-order valence-electron chi connectivity index (χ1n) is 7.58. The van der Waals surface area contributed by atoms with Gasteiger partial charge in [0.15, 0.2) is 0 Å². The monoisotopic (exact) mass is 286 g/mol. The smallest absolute Gasteiger partial charge is 0.248 e. The van der Waals surface area contributed by atoms with Crippen LogP contribution in [0.5, 0.6) is 0 Å². The van der Waals surface area contributed by atoms with E-state index < -0.39 is 6.04 Å². The quantitative estimate of drug-likeness (QED) is 0.906. The number of carbonyl (C=O) groups is 2. The predicted octanol–water partition coefficient (Wildman–Crippen LogP) is 2.26. The van der Waals surface area contributed by atoms with Gasteiger partial charge in [-0.25, -0.2) is 0 Å². The highest BCUT2D eigenvalue weighted by Crippen LogP contribution is 2.39. The Morgan fingerprint density at radius 2 is 1.71 bits per heavy atom. The number of nitrogens with zero attached hydrogens (tertiary/aromatic N) is 1. The summed E-state index contributed by atoms with van der Waals surface area (Å²) in [7, 11) is 0. The molecule has 2 aliphatic rings. The van der Waals surface area contributed by atoms with Gasteiger partial charge in [0.25, 0.3) is 0 Å². The van der Waals surface area contributed by atoms with E-state index in [1.54, 1.807) is 4.90 Å². The fraction of sp³-hybridized carbons (Fsp3) is 0.529. The van der Waals surface area contributed by atoms with Gasteiger partial charge in [-0.2, -0.15) is 0 Å². The lowest BCUT2D eigenvalue weighted by molar-refractivity contribution is -0.156. The second-order valence-electron chi connectivity index (χ2n) is 7.02. The molecule has 2 amide bonds. The summed E-state index contributed by atoms with van der Waals surface area (Å²) >= 11 is 0. The van der Waals surface area contributed by atoms with Crippen molar-refractivity contribution in [3.63, 3.8) is 0 Å². The zero-order valence-corrected chi connectivity index (χ0v) is 12.8. The zero-order valence-electron chi connectivity index (χ0n) is 12.8. The van der Waals surface area contributed by atoms with E-state index in [2.05, 4.69) is 5.32 Å². The van der Waals surface area contributed by atoms with E-state index in [-0.39, 0.29) is 23.4 Å². The molecule has 0 bridgehead atoms. The maximum absolute atomic E-state index is 12.9. The summed E-state index contributed by atoms with van der Waals surface area (Å²) in [6, 6.07) is 8.68. The number of amides is 2. The van der Waals surface area contributed by atoms with Crippen molar-refractivity contribution in [2.45, 2.75) is 51.2 Å². The second-order valence-corrected chi connectivity index (χ2v) is 7.02. The normalized spacial score (nSPS) is 26.7. The van der Waals surface area contributed by atoms with E-state index in [0.29, 0.717) is 5.92 Å². The Kier molecular flexibility index (Phi) is 3.27. The third-order valence-electron chi connectivity index (χ3n) is 4.24. The molecule has 2 atom stereocenters. The molecular weight excluding hydrogens is 264 g/mol. The number of benzene rings is 1. The number of piperazine rings is 1. The summed E-state index contributed by atoms with van der Waals surface area (Å²) in [5, 5.41) is 2.95. The summed E-state index contributed by atoms with van der Waals surface area (Å²) in [6.45, 7) is 5.97. The van der Waals surface area contributed by atoms with Crippen molar-refractivity contribution in [2.24, 2.45) is 5.92 Å². The van der Waals surface area contributed by atoms with Gasteiger partial charge in [0, 0.05) is 5.54 Å². The molecule has 3 rings (SSSR count). The molecule has 4 nitrogen and oxygen atoms in total. The SMILES string of the molecule is CC(C)(C)N1C(=O)C(C2CC2)NC(=O)C1c1ccccc1. The Morgan fingerprint density at radius 3 is 2.24 bits per heavy atom. The molecule has 1 saturated heterocycles. The van der Waals surface area contributed by atoms with Gasteiger partial charge < -0.3 is 10.2 Å². The molecule has 112 valence electrons. The highest BCUT2D eigenvalue weighted by atomic mass is 16.2. The van der Waals surface area contributed by atoms with Gasteiger partial charge in [-0.1, -0.05) is 30.3 Å². The first kappa shape index (κ1) is 14.1. The Hall–Kier alpha value is -1.84. The minimum absolute atomic E-state index is 0.0541. The molecule has 1 aromatic carbocycles. The van der Waals surface area contributed by atoms with Gasteiger partial charge in [0.1, 0.15) is 12.1 Å². The van der Waals surface area contributed by atoms with Gasteiger partial charge in [-0.3, -0.25) is 9.59 Å². The maximum Gasteiger partial charge on any atom is 0.248 e. The van der Waals surface area contributed by atoms with Crippen molar-refractivity contribution < 1.29 is 9.59 Å². The summed E-state index contributed by atoms with van der Waals surface area (Å²) < 4.78 is 0. The lowest BCUT2D eigenvalue weighted by atomic mass is 9.92. The van der Waals surface area contributed by atoms with Crippen LogP contribution in [0.3, 0.4) is 0 Å². The molecule has 1 heterocycles. The summed E-state index contributed by atoms with van der Waals surface area (Å²) in [5.74, 6) is 0.314. The highest BCUT2D eigenvalue weighted by Gasteiger charge is 2.50. The van der Waals surface area contributed by atoms with E-state index in [1.165, 1.54) is 0 Å². The third-order valence-corrected chi connectivity index (χ3v) is 4.24. The summed E-state index contributed by atoms with van der Waals surface area (Å²) in [4.78, 5) is 27.3. The molecule has 2 fully saturated rings. The molecule has 1 aliphatic carbocycles. The second kappa shape index (κ2) is 4.86. The number of hydrogen-bond acceptors (Lipinski definition) is 2. The van der Waals surface area contributed by atoms with Crippen LogP contribution in [0.25, 0.3) is 0 Å². The van der Waals surface area contributed by atoms with Gasteiger partial charge in [-0.05, 0) is 45.1 Å². The summed E-state index contributed by atoms with van der Waals surface area (Å²) in [5.41, 5.74) is 0.482. The summed E-state index contributed by atoms with van der Waals surface area (Å²) in [6.07, 6.45) is 2.06. The standard InChI is InChI=1S/C17H22N2O2/c1-17(2,3)19-14(12-7-5-4-6-8-12)15(20)18-13(16(19)21)11-9-10-11/h4-8,11,13-14H,9-10H2,1-3H3,(H,18,20). The first-order valence-corrected chi connectivity index (χ1v) is 7.58. The van der Waals surface area contributed by atoms with Crippen LogP contribution in [0.1, 0.15) is 45.2 Å². The Bertz CT molecular complexity index is 558. The minimum atomic E-state index is -0.534. The van der Waals surface area contributed by atoms with Gasteiger partial charge >= 0.3 is 0 Å². The molecule has 1 aliphatic heterocycles. The number of rotatable bonds is 2. The fourth-order valence-corrected chi connectivity index (χ4v) is 3.09. The number of carbonyl (C=O) groups excluding carboxylic acids is 2. The predicted molar refractivity (Wildman–Crippen MR) is 80.4 cm³/mol. The molecule has 0 spiro atoms. The zero-order chi connectivity index (χ0) is 15.2. The van der Waals surface area contributed by atoms with Crippen LogP contribution in [0.2, 0.25) is 0 Å². The van der Waals surface area contributed by atoms with Gasteiger partial charge in [-0.15, -0.1) is 0 Å². The van der Waals surface area contributed by atoms with E-state index in [4.69, 9.17) is 0 Å². The van der Waals surface area contributed by atoms with E-state index >= 15 is 0 Å². The van der Waals surface area contributed by atoms with Crippen molar-refractivity contribution in [3.8, 4) is 0 Å². The van der Waals surface area contributed by atoms with Crippen molar-refractivity contribution in [1.82, 2.24) is 10.2 Å². The van der Waals surface area contributed by atoms with Crippen molar-refractivity contribution in [2.75, 3.05) is 0 Å². The Balaban J connectivity index is 2.01. The van der Waals surface area contributed by atoms with Crippen LogP contribution >= 0.6 is 0 Å². The molecule has 1 aromatic rings. The van der Waals surface area contributed by atoms with Crippen LogP contribution in [0, 0.1) is 5.92 Å². The molecule has 2 unspecified atom stereocenters. The van der Waals surface area contributed by atoms with Crippen molar-refractivity contribution in [1.29, 1.82) is 0 Å². The van der Waals surface area contributed by atoms with Crippen LogP contribution < -0.4 is 5.32 Å². The Morgan fingerprint density at radius 1 is 1.10 bits per heavy atom. The number of nitrogens with one attached hydrogen (secondary N) is 1. The lowest BCUT2D eigenvalue weighted by Gasteiger charge is -2.46. The molecule has 1 saturated carbocycles. The number of hydrogen-bond donors (Lipinski definition) is 1. The van der Waals surface area contributed by atoms with Gasteiger partial charge in [0.2, 0.25) is 11.8 Å². The van der Waals surface area contributed by atoms with Crippen LogP contribution in [0.15, 0.2) is 30.3 Å². The van der Waals surface area contributed by atoms with Crippen LogP contribution in [-0.2, 0) is 9.59 Å².